The topological polar surface area (TPSA) is 57.7 Å². The van der Waals surface area contributed by atoms with Crippen LogP contribution in [0.5, 0.6) is 0 Å². The third-order valence-corrected chi connectivity index (χ3v) is 5.42. The van der Waals surface area contributed by atoms with Gasteiger partial charge >= 0.3 is 6.03 Å². The van der Waals surface area contributed by atoms with E-state index in [0.29, 0.717) is 13.0 Å². The molecule has 0 spiro atoms. The fourth-order valence-electron chi connectivity index (χ4n) is 2.53. The number of anilines is 1. The van der Waals surface area contributed by atoms with Gasteiger partial charge in [0.2, 0.25) is 0 Å². The lowest BCUT2D eigenvalue weighted by atomic mass is 10.2. The largest absolute Gasteiger partial charge is 0.324 e. The number of urea groups is 1. The zero-order chi connectivity index (χ0) is 14.8. The van der Waals surface area contributed by atoms with Crippen LogP contribution in [0.3, 0.4) is 0 Å². The maximum atomic E-state index is 12.5. The predicted octanol–water partition coefficient (Wildman–Crippen LogP) is 1.75. The van der Waals surface area contributed by atoms with Crippen LogP contribution in [0.1, 0.15) is 13.3 Å². The normalized spacial score (nSPS) is 20.6. The number of carbonyl (C=O) groups excluding carboxylic acids is 1. The Bertz CT molecular complexity index is 571. The van der Waals surface area contributed by atoms with Gasteiger partial charge in [-0.1, -0.05) is 18.2 Å². The van der Waals surface area contributed by atoms with Crippen LogP contribution in [0.15, 0.2) is 30.3 Å². The molecule has 1 saturated heterocycles. The van der Waals surface area contributed by atoms with E-state index in [1.807, 2.05) is 37.3 Å². The quantitative estimate of drug-likeness (QED) is 0.854. The molecule has 0 aromatic heterocycles. The molecule has 2 rings (SSSR count). The molecule has 1 fully saturated rings. The molecular formula is C14H20N2O3S. The van der Waals surface area contributed by atoms with Crippen molar-refractivity contribution in [3.8, 4) is 0 Å². The van der Waals surface area contributed by atoms with E-state index in [0.717, 1.165) is 5.69 Å². The van der Waals surface area contributed by atoms with Gasteiger partial charge in [0.05, 0.1) is 11.5 Å². The number of hydrogen-bond donors (Lipinski definition) is 0. The van der Waals surface area contributed by atoms with Crippen molar-refractivity contribution in [2.24, 2.45) is 0 Å². The molecular weight excluding hydrogens is 276 g/mol. The summed E-state index contributed by atoms with van der Waals surface area (Å²) in [4.78, 5) is 15.7. The average Bonchev–Trinajstić information content (AvgIpc) is 2.79. The molecule has 0 aliphatic carbocycles. The van der Waals surface area contributed by atoms with Gasteiger partial charge in [0.1, 0.15) is 0 Å². The molecule has 1 atom stereocenters. The van der Waals surface area contributed by atoms with Gasteiger partial charge in [0.25, 0.3) is 0 Å². The molecule has 1 heterocycles. The summed E-state index contributed by atoms with van der Waals surface area (Å²) in [6.07, 6.45) is 0.532. The lowest BCUT2D eigenvalue weighted by Gasteiger charge is -2.31. The molecule has 6 heteroatoms. The molecule has 0 radical (unpaired) electrons. The standard InChI is InChI=1S/C14H20N2O3S/c1-3-16(13-9-10-20(18,19)11-13)14(17)15(2)12-7-5-4-6-8-12/h4-8,13H,3,9-11H2,1-2H3. The highest BCUT2D eigenvalue weighted by Crippen LogP contribution is 2.21. The van der Waals surface area contributed by atoms with Crippen molar-refractivity contribution in [3.63, 3.8) is 0 Å². The van der Waals surface area contributed by atoms with Crippen LogP contribution >= 0.6 is 0 Å². The molecule has 5 nitrogen and oxygen atoms in total. The molecule has 0 saturated carbocycles. The Kier molecular flexibility index (Phi) is 4.32. The van der Waals surface area contributed by atoms with E-state index in [-0.39, 0.29) is 23.6 Å². The van der Waals surface area contributed by atoms with E-state index in [9.17, 15) is 13.2 Å². The highest BCUT2D eigenvalue weighted by Gasteiger charge is 2.35. The Morgan fingerprint density at radius 3 is 2.45 bits per heavy atom. The second-order valence-electron chi connectivity index (χ2n) is 5.02. The average molecular weight is 296 g/mol. The zero-order valence-corrected chi connectivity index (χ0v) is 12.6. The molecule has 0 N–H and O–H groups in total. The third kappa shape index (κ3) is 3.12. The summed E-state index contributed by atoms with van der Waals surface area (Å²) in [6, 6.07) is 8.99. The van der Waals surface area contributed by atoms with Crippen molar-refractivity contribution >= 4 is 21.6 Å². The SMILES string of the molecule is CCN(C(=O)N(C)c1ccccc1)C1CCS(=O)(=O)C1. The molecule has 0 bridgehead atoms. The lowest BCUT2D eigenvalue weighted by molar-refractivity contribution is 0.192. The van der Waals surface area contributed by atoms with Crippen molar-refractivity contribution in [1.29, 1.82) is 0 Å². The first-order chi connectivity index (χ1) is 9.44. The van der Waals surface area contributed by atoms with Crippen molar-refractivity contribution in [1.82, 2.24) is 4.90 Å². The first kappa shape index (κ1) is 14.8. The van der Waals surface area contributed by atoms with Crippen LogP contribution in [-0.4, -0.2) is 50.5 Å². The van der Waals surface area contributed by atoms with Gasteiger partial charge in [-0.2, -0.15) is 0 Å². The summed E-state index contributed by atoms with van der Waals surface area (Å²) in [7, 11) is -1.27. The van der Waals surface area contributed by atoms with Crippen LogP contribution in [-0.2, 0) is 9.84 Å². The molecule has 1 aliphatic heterocycles. The molecule has 1 unspecified atom stereocenters. The fraction of sp³-hybridized carbons (Fsp3) is 0.500. The minimum atomic E-state index is -2.99. The van der Waals surface area contributed by atoms with E-state index in [1.54, 1.807) is 16.8 Å². The second-order valence-corrected chi connectivity index (χ2v) is 7.25. The lowest BCUT2D eigenvalue weighted by Crippen LogP contribution is -2.47. The number of carbonyl (C=O) groups is 1. The van der Waals surface area contributed by atoms with E-state index in [1.165, 1.54) is 0 Å². The van der Waals surface area contributed by atoms with Gasteiger partial charge in [-0.25, -0.2) is 13.2 Å². The minimum absolute atomic E-state index is 0.0786. The summed E-state index contributed by atoms with van der Waals surface area (Å²) >= 11 is 0. The third-order valence-electron chi connectivity index (χ3n) is 3.67. The summed E-state index contributed by atoms with van der Waals surface area (Å²) < 4.78 is 23.1. The van der Waals surface area contributed by atoms with Gasteiger partial charge < -0.3 is 4.90 Å². The van der Waals surface area contributed by atoms with Crippen LogP contribution in [0.2, 0.25) is 0 Å². The summed E-state index contributed by atoms with van der Waals surface area (Å²) in [6.45, 7) is 2.39. The molecule has 1 aliphatic rings. The van der Waals surface area contributed by atoms with Crippen LogP contribution in [0, 0.1) is 0 Å². The molecule has 1 aromatic carbocycles. The minimum Gasteiger partial charge on any atom is -0.321 e. The number of sulfone groups is 1. The fourth-order valence-corrected chi connectivity index (χ4v) is 4.26. The first-order valence-electron chi connectivity index (χ1n) is 6.74. The Morgan fingerprint density at radius 2 is 1.95 bits per heavy atom. The van der Waals surface area contributed by atoms with Crippen LogP contribution in [0.25, 0.3) is 0 Å². The van der Waals surface area contributed by atoms with Gasteiger partial charge in [-0.3, -0.25) is 4.90 Å². The Hall–Kier alpha value is -1.56. The number of benzene rings is 1. The van der Waals surface area contributed by atoms with Gasteiger partial charge in [0.15, 0.2) is 9.84 Å². The van der Waals surface area contributed by atoms with Crippen molar-refractivity contribution in [2.75, 3.05) is 30.0 Å². The summed E-state index contributed by atoms with van der Waals surface area (Å²) in [5.41, 5.74) is 0.803. The Labute approximate surface area is 120 Å². The summed E-state index contributed by atoms with van der Waals surface area (Å²) in [5, 5.41) is 0. The highest BCUT2D eigenvalue weighted by molar-refractivity contribution is 7.91. The number of hydrogen-bond acceptors (Lipinski definition) is 3. The van der Waals surface area contributed by atoms with E-state index in [4.69, 9.17) is 0 Å². The van der Waals surface area contributed by atoms with Crippen LogP contribution < -0.4 is 4.90 Å². The molecule has 1 aromatic rings. The Balaban J connectivity index is 2.14. The smallest absolute Gasteiger partial charge is 0.321 e. The van der Waals surface area contributed by atoms with E-state index >= 15 is 0 Å². The number of nitrogens with zero attached hydrogens (tertiary/aromatic N) is 2. The zero-order valence-electron chi connectivity index (χ0n) is 11.8. The second kappa shape index (κ2) is 5.83. The number of amides is 2. The monoisotopic (exact) mass is 296 g/mol. The molecule has 2 amide bonds. The Morgan fingerprint density at radius 1 is 1.30 bits per heavy atom. The maximum Gasteiger partial charge on any atom is 0.324 e. The maximum absolute atomic E-state index is 12.5. The van der Waals surface area contributed by atoms with Crippen molar-refractivity contribution in [3.05, 3.63) is 30.3 Å². The number of para-hydroxylation sites is 1. The van der Waals surface area contributed by atoms with Gasteiger partial charge in [0, 0.05) is 25.3 Å². The van der Waals surface area contributed by atoms with Gasteiger partial charge in [-0.05, 0) is 25.5 Å². The van der Waals surface area contributed by atoms with Crippen molar-refractivity contribution < 1.29 is 13.2 Å². The van der Waals surface area contributed by atoms with E-state index < -0.39 is 9.84 Å². The molecule has 110 valence electrons. The number of rotatable bonds is 3. The van der Waals surface area contributed by atoms with Crippen molar-refractivity contribution in [2.45, 2.75) is 19.4 Å². The van der Waals surface area contributed by atoms with Crippen LogP contribution in [0.4, 0.5) is 10.5 Å². The van der Waals surface area contributed by atoms with E-state index in [2.05, 4.69) is 0 Å². The van der Waals surface area contributed by atoms with Gasteiger partial charge in [-0.15, -0.1) is 0 Å². The molecule has 20 heavy (non-hydrogen) atoms. The first-order valence-corrected chi connectivity index (χ1v) is 8.56. The predicted molar refractivity (Wildman–Crippen MR) is 79.7 cm³/mol. The highest BCUT2D eigenvalue weighted by atomic mass is 32.2. The summed E-state index contributed by atoms with van der Waals surface area (Å²) in [5.74, 6) is 0.256.